The molecule has 0 aliphatic heterocycles. The number of nitrogens with one attached hydrogen (secondary N) is 1. The molecule has 1 aromatic heterocycles. The molecule has 114 valence electrons. The smallest absolute Gasteiger partial charge is 0.246 e. The molecule has 20 heavy (non-hydrogen) atoms. The number of aryl methyl sites for hydroxylation is 2. The van der Waals surface area contributed by atoms with Crippen molar-refractivity contribution >= 4 is 5.91 Å². The highest BCUT2D eigenvalue weighted by atomic mass is 16.5. The molecule has 0 aromatic carbocycles. The standard InChI is InChI=1S/C14H25N3O3/c1-6-17-12(4)14(11(3)16-17)10(2)15-13(18)9-20-8-7-19-5/h10H,6-9H2,1-5H3,(H,15,18)/t10-/m0/s1. The van der Waals surface area contributed by atoms with Crippen LogP contribution in [0.15, 0.2) is 0 Å². The van der Waals surface area contributed by atoms with Crippen molar-refractivity contribution in [1.82, 2.24) is 15.1 Å². The Hall–Kier alpha value is -1.40. The maximum absolute atomic E-state index is 11.8. The third kappa shape index (κ3) is 4.31. The Morgan fingerprint density at radius 3 is 2.65 bits per heavy atom. The van der Waals surface area contributed by atoms with E-state index in [1.54, 1.807) is 7.11 Å². The van der Waals surface area contributed by atoms with Gasteiger partial charge in [0.05, 0.1) is 24.9 Å². The van der Waals surface area contributed by atoms with Gasteiger partial charge in [0.25, 0.3) is 0 Å². The molecule has 0 spiro atoms. The van der Waals surface area contributed by atoms with Gasteiger partial charge < -0.3 is 14.8 Å². The second-order valence-corrected chi connectivity index (χ2v) is 4.73. The first-order valence-corrected chi connectivity index (χ1v) is 6.91. The summed E-state index contributed by atoms with van der Waals surface area (Å²) in [7, 11) is 1.60. The van der Waals surface area contributed by atoms with Crippen LogP contribution in [-0.4, -0.2) is 42.6 Å². The lowest BCUT2D eigenvalue weighted by Crippen LogP contribution is -2.31. The maximum Gasteiger partial charge on any atom is 0.246 e. The highest BCUT2D eigenvalue weighted by molar-refractivity contribution is 5.77. The van der Waals surface area contributed by atoms with Gasteiger partial charge in [-0.2, -0.15) is 5.10 Å². The van der Waals surface area contributed by atoms with E-state index in [1.807, 2.05) is 25.5 Å². The van der Waals surface area contributed by atoms with Crippen LogP contribution in [0.4, 0.5) is 0 Å². The van der Waals surface area contributed by atoms with Gasteiger partial charge in [-0.25, -0.2) is 0 Å². The number of ether oxygens (including phenoxy) is 2. The highest BCUT2D eigenvalue weighted by Crippen LogP contribution is 2.21. The molecule has 0 saturated heterocycles. The zero-order chi connectivity index (χ0) is 15.1. The third-order valence-corrected chi connectivity index (χ3v) is 3.21. The van der Waals surface area contributed by atoms with Crippen molar-refractivity contribution in [3.05, 3.63) is 17.0 Å². The Bertz CT molecular complexity index is 443. The number of hydrogen-bond acceptors (Lipinski definition) is 4. The van der Waals surface area contributed by atoms with E-state index in [4.69, 9.17) is 9.47 Å². The van der Waals surface area contributed by atoms with Crippen molar-refractivity contribution in [3.8, 4) is 0 Å². The number of aromatic nitrogens is 2. The fourth-order valence-electron chi connectivity index (χ4n) is 2.31. The van der Waals surface area contributed by atoms with E-state index in [0.29, 0.717) is 13.2 Å². The largest absolute Gasteiger partial charge is 0.382 e. The van der Waals surface area contributed by atoms with Gasteiger partial charge >= 0.3 is 0 Å². The summed E-state index contributed by atoms with van der Waals surface area (Å²) in [4.78, 5) is 11.8. The second-order valence-electron chi connectivity index (χ2n) is 4.73. The van der Waals surface area contributed by atoms with Crippen LogP contribution in [0.5, 0.6) is 0 Å². The first kappa shape index (κ1) is 16.7. The van der Waals surface area contributed by atoms with E-state index in [9.17, 15) is 4.79 Å². The maximum atomic E-state index is 11.8. The van der Waals surface area contributed by atoms with E-state index in [0.717, 1.165) is 23.5 Å². The molecule has 0 bridgehead atoms. The van der Waals surface area contributed by atoms with Crippen molar-refractivity contribution in [2.45, 2.75) is 40.3 Å². The minimum absolute atomic E-state index is 0.0493. The molecule has 1 N–H and O–H groups in total. The van der Waals surface area contributed by atoms with Crippen LogP contribution in [-0.2, 0) is 20.8 Å². The van der Waals surface area contributed by atoms with Gasteiger partial charge in [-0.05, 0) is 27.7 Å². The molecule has 1 rings (SSSR count). The van der Waals surface area contributed by atoms with Crippen LogP contribution < -0.4 is 5.32 Å². The number of methoxy groups -OCH3 is 1. The number of rotatable bonds is 8. The molecular formula is C14H25N3O3. The van der Waals surface area contributed by atoms with Crippen molar-refractivity contribution in [2.75, 3.05) is 26.9 Å². The number of hydrogen-bond donors (Lipinski definition) is 1. The molecule has 0 radical (unpaired) electrons. The number of nitrogens with zero attached hydrogens (tertiary/aromatic N) is 2. The summed E-state index contributed by atoms with van der Waals surface area (Å²) in [5.74, 6) is -0.128. The summed E-state index contributed by atoms with van der Waals surface area (Å²) < 4.78 is 12.0. The van der Waals surface area contributed by atoms with Crippen molar-refractivity contribution < 1.29 is 14.3 Å². The second kappa shape index (κ2) is 8.01. The fourth-order valence-corrected chi connectivity index (χ4v) is 2.31. The van der Waals surface area contributed by atoms with E-state index in [1.165, 1.54) is 0 Å². The summed E-state index contributed by atoms with van der Waals surface area (Å²) >= 11 is 0. The molecule has 1 atom stereocenters. The fraction of sp³-hybridized carbons (Fsp3) is 0.714. The predicted molar refractivity (Wildman–Crippen MR) is 76.6 cm³/mol. The molecule has 0 saturated carbocycles. The van der Waals surface area contributed by atoms with Crippen molar-refractivity contribution in [3.63, 3.8) is 0 Å². The van der Waals surface area contributed by atoms with E-state index >= 15 is 0 Å². The van der Waals surface area contributed by atoms with Crippen LogP contribution in [0.2, 0.25) is 0 Å². The molecular weight excluding hydrogens is 258 g/mol. The molecule has 1 aromatic rings. The van der Waals surface area contributed by atoms with Crippen LogP contribution >= 0.6 is 0 Å². The van der Waals surface area contributed by atoms with Gasteiger partial charge in [-0.15, -0.1) is 0 Å². The first-order chi connectivity index (χ1) is 9.51. The SMILES string of the molecule is CCn1nc(C)c([C@H](C)NC(=O)COCCOC)c1C. The quantitative estimate of drug-likeness (QED) is 0.732. The molecule has 6 heteroatoms. The van der Waals surface area contributed by atoms with Gasteiger partial charge in [0.15, 0.2) is 0 Å². The van der Waals surface area contributed by atoms with E-state index in [2.05, 4.69) is 17.3 Å². The summed E-state index contributed by atoms with van der Waals surface area (Å²) in [5, 5.41) is 7.40. The van der Waals surface area contributed by atoms with Crippen LogP contribution in [0.1, 0.15) is 36.8 Å². The van der Waals surface area contributed by atoms with Gasteiger partial charge in [-0.1, -0.05) is 0 Å². The topological polar surface area (TPSA) is 65.4 Å². The Morgan fingerprint density at radius 1 is 1.40 bits per heavy atom. The van der Waals surface area contributed by atoms with Gasteiger partial charge in [0.2, 0.25) is 5.91 Å². The number of carbonyl (C=O) groups is 1. The van der Waals surface area contributed by atoms with Crippen molar-refractivity contribution in [2.24, 2.45) is 0 Å². The first-order valence-electron chi connectivity index (χ1n) is 6.91. The number of carbonyl (C=O) groups excluding carboxylic acids is 1. The Labute approximate surface area is 120 Å². The van der Waals surface area contributed by atoms with E-state index in [-0.39, 0.29) is 18.6 Å². The van der Waals surface area contributed by atoms with Crippen LogP contribution in [0.3, 0.4) is 0 Å². The molecule has 0 fully saturated rings. The third-order valence-electron chi connectivity index (χ3n) is 3.21. The van der Waals surface area contributed by atoms with Gasteiger partial charge in [0, 0.05) is 24.9 Å². The minimum Gasteiger partial charge on any atom is -0.382 e. The zero-order valence-corrected chi connectivity index (χ0v) is 13.0. The summed E-state index contributed by atoms with van der Waals surface area (Å²) in [6, 6.07) is -0.0752. The van der Waals surface area contributed by atoms with Gasteiger partial charge in [0.1, 0.15) is 6.61 Å². The number of amides is 1. The summed E-state index contributed by atoms with van der Waals surface area (Å²) in [5.41, 5.74) is 3.13. The highest BCUT2D eigenvalue weighted by Gasteiger charge is 2.18. The monoisotopic (exact) mass is 283 g/mol. The minimum atomic E-state index is -0.128. The van der Waals surface area contributed by atoms with Crippen LogP contribution in [0, 0.1) is 13.8 Å². The molecule has 1 amide bonds. The molecule has 0 aliphatic rings. The zero-order valence-electron chi connectivity index (χ0n) is 13.0. The average molecular weight is 283 g/mol. The Balaban J connectivity index is 2.56. The lowest BCUT2D eigenvalue weighted by molar-refractivity contribution is -0.126. The van der Waals surface area contributed by atoms with Gasteiger partial charge in [-0.3, -0.25) is 9.48 Å². The average Bonchev–Trinajstić information content (AvgIpc) is 2.69. The van der Waals surface area contributed by atoms with Crippen LogP contribution in [0.25, 0.3) is 0 Å². The molecule has 0 unspecified atom stereocenters. The lowest BCUT2D eigenvalue weighted by Gasteiger charge is -2.15. The summed E-state index contributed by atoms with van der Waals surface area (Å²) in [6.07, 6.45) is 0. The summed E-state index contributed by atoms with van der Waals surface area (Å²) in [6.45, 7) is 9.79. The van der Waals surface area contributed by atoms with E-state index < -0.39 is 0 Å². The normalized spacial score (nSPS) is 12.4. The Kier molecular flexibility index (Phi) is 6.67. The predicted octanol–water partition coefficient (Wildman–Crippen LogP) is 1.36. The lowest BCUT2D eigenvalue weighted by atomic mass is 10.1. The molecule has 0 aliphatic carbocycles. The molecule has 1 heterocycles. The van der Waals surface area contributed by atoms with Crippen molar-refractivity contribution in [1.29, 1.82) is 0 Å². The molecule has 6 nitrogen and oxygen atoms in total. The Morgan fingerprint density at radius 2 is 2.10 bits per heavy atom.